The zero-order valence-corrected chi connectivity index (χ0v) is 15.0. The van der Waals surface area contributed by atoms with E-state index in [1.54, 1.807) is 6.07 Å². The highest BCUT2D eigenvalue weighted by Crippen LogP contribution is 2.36. The number of nitro benzene ring substituents is 1. The molecule has 138 valence electrons. The zero-order chi connectivity index (χ0) is 18.5. The third-order valence-electron chi connectivity index (χ3n) is 4.44. The van der Waals surface area contributed by atoms with Crippen LogP contribution in [0.25, 0.3) is 11.1 Å². The second kappa shape index (κ2) is 8.20. The van der Waals surface area contributed by atoms with Gasteiger partial charge in [-0.1, -0.05) is 0 Å². The minimum absolute atomic E-state index is 0.0168. The van der Waals surface area contributed by atoms with Crippen molar-refractivity contribution in [2.24, 2.45) is 0 Å². The van der Waals surface area contributed by atoms with Gasteiger partial charge in [0, 0.05) is 54.3 Å². The first kappa shape index (κ1) is 18.2. The molecule has 0 unspecified atom stereocenters. The molecule has 1 fully saturated rings. The van der Waals surface area contributed by atoms with Crippen LogP contribution in [0.5, 0.6) is 5.75 Å². The zero-order valence-electron chi connectivity index (χ0n) is 15.0. The molecule has 0 radical (unpaired) electrons. The van der Waals surface area contributed by atoms with E-state index in [4.69, 9.17) is 9.47 Å². The highest BCUT2D eigenvalue weighted by Gasteiger charge is 2.18. The molecule has 2 heterocycles. The highest BCUT2D eigenvalue weighted by molar-refractivity contribution is 5.76. The monoisotopic (exact) mass is 358 g/mol. The van der Waals surface area contributed by atoms with Crippen LogP contribution in [0.3, 0.4) is 0 Å². The Kier molecular flexibility index (Phi) is 5.75. The van der Waals surface area contributed by atoms with Crippen LogP contribution >= 0.6 is 0 Å². The Bertz CT molecular complexity index is 771. The lowest BCUT2D eigenvalue weighted by atomic mass is 10.0. The number of rotatable bonds is 6. The van der Waals surface area contributed by atoms with Crippen molar-refractivity contribution in [3.63, 3.8) is 0 Å². The fourth-order valence-corrected chi connectivity index (χ4v) is 3.05. The highest BCUT2D eigenvalue weighted by atomic mass is 16.6. The van der Waals surface area contributed by atoms with Crippen molar-refractivity contribution in [1.29, 1.82) is 0 Å². The van der Waals surface area contributed by atoms with Gasteiger partial charge < -0.3 is 9.47 Å². The van der Waals surface area contributed by atoms with Crippen molar-refractivity contribution >= 4 is 5.69 Å². The van der Waals surface area contributed by atoms with Gasteiger partial charge in [-0.05, 0) is 19.9 Å². The molecular formula is C18H22N4O4. The van der Waals surface area contributed by atoms with Crippen molar-refractivity contribution < 1.29 is 14.4 Å². The molecule has 1 aromatic carbocycles. The largest absolute Gasteiger partial charge is 0.492 e. The van der Waals surface area contributed by atoms with Gasteiger partial charge in [-0.25, -0.2) is 9.97 Å². The molecule has 0 N–H and O–H groups in total. The lowest BCUT2D eigenvalue weighted by Crippen LogP contribution is -2.38. The number of non-ortho nitro benzene ring substituents is 1. The number of nitrogens with zero attached hydrogens (tertiary/aromatic N) is 4. The maximum atomic E-state index is 11.2. The first-order valence-electron chi connectivity index (χ1n) is 8.56. The summed E-state index contributed by atoms with van der Waals surface area (Å²) in [6, 6.07) is 4.64. The van der Waals surface area contributed by atoms with Gasteiger partial charge in [-0.2, -0.15) is 0 Å². The second-order valence-corrected chi connectivity index (χ2v) is 6.16. The molecular weight excluding hydrogens is 336 g/mol. The molecule has 26 heavy (non-hydrogen) atoms. The number of benzene rings is 1. The molecule has 8 heteroatoms. The van der Waals surface area contributed by atoms with Crippen LogP contribution in [0, 0.1) is 24.0 Å². The fourth-order valence-electron chi connectivity index (χ4n) is 3.05. The molecule has 0 aliphatic carbocycles. The van der Waals surface area contributed by atoms with Gasteiger partial charge in [0.25, 0.3) is 5.69 Å². The number of morpholine rings is 1. The van der Waals surface area contributed by atoms with Gasteiger partial charge in [0.15, 0.2) is 0 Å². The van der Waals surface area contributed by atoms with Crippen LogP contribution < -0.4 is 4.74 Å². The van der Waals surface area contributed by atoms with Crippen molar-refractivity contribution in [1.82, 2.24) is 14.9 Å². The minimum Gasteiger partial charge on any atom is -0.492 e. The van der Waals surface area contributed by atoms with E-state index >= 15 is 0 Å². The Labute approximate surface area is 151 Å². The average molecular weight is 358 g/mol. The SMILES string of the molecule is Cc1ncnc(C)c1-c1cc([N+](=O)[O-])ccc1OCCN1CCOCC1. The Morgan fingerprint density at radius 1 is 1.23 bits per heavy atom. The molecule has 1 saturated heterocycles. The van der Waals surface area contributed by atoms with E-state index in [-0.39, 0.29) is 5.69 Å². The van der Waals surface area contributed by atoms with Gasteiger partial charge in [-0.3, -0.25) is 15.0 Å². The topological polar surface area (TPSA) is 90.6 Å². The molecule has 1 aromatic heterocycles. The molecule has 1 aliphatic heterocycles. The third kappa shape index (κ3) is 4.14. The van der Waals surface area contributed by atoms with Crippen molar-refractivity contribution in [3.05, 3.63) is 46.0 Å². The maximum absolute atomic E-state index is 11.2. The Morgan fingerprint density at radius 3 is 2.58 bits per heavy atom. The average Bonchev–Trinajstić information content (AvgIpc) is 2.63. The normalized spacial score (nSPS) is 15.0. The van der Waals surface area contributed by atoms with Crippen molar-refractivity contribution in [3.8, 4) is 16.9 Å². The first-order valence-corrected chi connectivity index (χ1v) is 8.56. The molecule has 8 nitrogen and oxygen atoms in total. The minimum atomic E-state index is -0.407. The Balaban J connectivity index is 1.85. The predicted octanol–water partition coefficient (Wildman–Crippen LogP) is 2.38. The summed E-state index contributed by atoms with van der Waals surface area (Å²) >= 11 is 0. The lowest BCUT2D eigenvalue weighted by Gasteiger charge is -2.26. The third-order valence-corrected chi connectivity index (χ3v) is 4.44. The van der Waals surface area contributed by atoms with Gasteiger partial charge >= 0.3 is 0 Å². The van der Waals surface area contributed by atoms with Crippen molar-refractivity contribution in [2.75, 3.05) is 39.5 Å². The van der Waals surface area contributed by atoms with E-state index in [2.05, 4.69) is 14.9 Å². The first-order chi connectivity index (χ1) is 12.6. The second-order valence-electron chi connectivity index (χ2n) is 6.16. The lowest BCUT2D eigenvalue weighted by molar-refractivity contribution is -0.384. The molecule has 0 spiro atoms. The van der Waals surface area contributed by atoms with Gasteiger partial charge in [0.2, 0.25) is 0 Å². The predicted molar refractivity (Wildman–Crippen MR) is 96.4 cm³/mol. The van der Waals surface area contributed by atoms with Crippen LogP contribution in [0.4, 0.5) is 5.69 Å². The molecule has 2 aromatic rings. The van der Waals surface area contributed by atoms with Crippen LogP contribution in [-0.2, 0) is 4.74 Å². The van der Waals surface area contributed by atoms with Crippen LogP contribution in [0.2, 0.25) is 0 Å². The number of hydrogen-bond acceptors (Lipinski definition) is 7. The summed E-state index contributed by atoms with van der Waals surface area (Å²) in [5.74, 6) is 0.602. The standard InChI is InChI=1S/C18H22N4O4/c1-13-18(14(2)20-12-19-13)16-11-15(22(23)24)3-4-17(16)26-10-7-21-5-8-25-9-6-21/h3-4,11-12H,5-10H2,1-2H3. The van der Waals surface area contributed by atoms with Gasteiger partial charge in [0.1, 0.15) is 18.7 Å². The van der Waals surface area contributed by atoms with Crippen molar-refractivity contribution in [2.45, 2.75) is 13.8 Å². The summed E-state index contributed by atoms with van der Waals surface area (Å²) in [4.78, 5) is 21.5. The Morgan fingerprint density at radius 2 is 1.92 bits per heavy atom. The van der Waals surface area contributed by atoms with E-state index in [0.29, 0.717) is 17.9 Å². The quantitative estimate of drug-likeness (QED) is 0.578. The summed E-state index contributed by atoms with van der Waals surface area (Å²) in [7, 11) is 0. The van der Waals surface area contributed by atoms with Crippen LogP contribution in [0.1, 0.15) is 11.4 Å². The number of nitro groups is 1. The fraction of sp³-hybridized carbons (Fsp3) is 0.444. The van der Waals surface area contributed by atoms with E-state index in [1.807, 2.05) is 13.8 Å². The molecule has 0 atom stereocenters. The van der Waals surface area contributed by atoms with E-state index in [0.717, 1.165) is 49.8 Å². The molecule has 0 amide bonds. The summed E-state index contributed by atoms with van der Waals surface area (Å²) in [5.41, 5.74) is 2.96. The molecule has 0 saturated carbocycles. The summed E-state index contributed by atoms with van der Waals surface area (Å²) in [6.07, 6.45) is 1.49. The Hall–Kier alpha value is -2.58. The number of ether oxygens (including phenoxy) is 2. The van der Waals surface area contributed by atoms with Crippen LogP contribution in [-0.4, -0.2) is 59.2 Å². The smallest absolute Gasteiger partial charge is 0.270 e. The number of hydrogen-bond donors (Lipinski definition) is 0. The molecule has 1 aliphatic rings. The van der Waals surface area contributed by atoms with Crippen LogP contribution in [0.15, 0.2) is 24.5 Å². The van der Waals surface area contributed by atoms with Gasteiger partial charge in [-0.15, -0.1) is 0 Å². The van der Waals surface area contributed by atoms with Gasteiger partial charge in [0.05, 0.1) is 18.1 Å². The molecule has 3 rings (SSSR count). The number of aryl methyl sites for hydroxylation is 2. The van der Waals surface area contributed by atoms with E-state index in [1.165, 1.54) is 18.5 Å². The summed E-state index contributed by atoms with van der Waals surface area (Å²) < 4.78 is 11.3. The van der Waals surface area contributed by atoms with E-state index in [9.17, 15) is 10.1 Å². The summed E-state index contributed by atoms with van der Waals surface area (Å²) in [6.45, 7) is 8.26. The maximum Gasteiger partial charge on any atom is 0.270 e. The summed E-state index contributed by atoms with van der Waals surface area (Å²) in [5, 5.41) is 11.2. The number of aromatic nitrogens is 2. The van der Waals surface area contributed by atoms with E-state index < -0.39 is 4.92 Å². The molecule has 0 bridgehead atoms.